The first-order valence-corrected chi connectivity index (χ1v) is 12.0. The Morgan fingerprint density at radius 2 is 2.00 bits per heavy atom. The molecule has 1 N–H and O–H groups in total. The summed E-state index contributed by atoms with van der Waals surface area (Å²) in [6.07, 6.45) is 1.86. The fraction of sp³-hybridized carbons (Fsp3) is 0.292. The van der Waals surface area contributed by atoms with Crippen molar-refractivity contribution in [1.29, 1.82) is 0 Å². The van der Waals surface area contributed by atoms with Gasteiger partial charge in [-0.05, 0) is 49.2 Å². The summed E-state index contributed by atoms with van der Waals surface area (Å²) in [5.74, 6) is -0.0161. The Hall–Kier alpha value is -3.57. The molecule has 5 rings (SSSR count). The van der Waals surface area contributed by atoms with E-state index in [-0.39, 0.29) is 35.0 Å². The highest BCUT2D eigenvalue weighted by atomic mass is 32.1. The van der Waals surface area contributed by atoms with Crippen molar-refractivity contribution in [3.63, 3.8) is 0 Å². The molecule has 3 heterocycles. The third-order valence-corrected chi connectivity index (χ3v) is 6.67. The topological polar surface area (TPSA) is 97.0 Å². The van der Waals surface area contributed by atoms with E-state index in [4.69, 9.17) is 4.52 Å². The first-order valence-electron chi connectivity index (χ1n) is 11.2. The van der Waals surface area contributed by atoms with Crippen LogP contribution in [0.15, 0.2) is 53.1 Å². The third-order valence-electron chi connectivity index (χ3n) is 5.77. The molecule has 1 aliphatic rings. The molecule has 180 valence electrons. The van der Waals surface area contributed by atoms with Crippen molar-refractivity contribution in [3.05, 3.63) is 81.6 Å². The standard InChI is InChI=1S/C24H22F2N6O2S/c25-18-8-6-15(7-9-18)12-27-22(33)24-30-29-20(35-24)14-32-10-2-4-17(13-32)23-28-21(31-34-23)16-3-1-5-19(26)11-16/h1,3,5-9,11,17H,2,4,10,12-14H2,(H,27,33). The number of rotatable bonds is 7. The van der Waals surface area contributed by atoms with Crippen LogP contribution in [-0.2, 0) is 13.1 Å². The lowest BCUT2D eigenvalue weighted by molar-refractivity contribution is 0.0950. The van der Waals surface area contributed by atoms with Crippen LogP contribution >= 0.6 is 11.3 Å². The summed E-state index contributed by atoms with van der Waals surface area (Å²) in [4.78, 5) is 19.1. The number of nitrogens with zero attached hydrogens (tertiary/aromatic N) is 5. The SMILES string of the molecule is O=C(NCc1ccc(F)cc1)c1nnc(CN2CCCC(c3nc(-c4cccc(F)c4)no3)C2)s1. The molecular formula is C24H22F2N6O2S. The molecule has 0 bridgehead atoms. The Bertz CT molecular complexity index is 1310. The molecule has 1 amide bonds. The van der Waals surface area contributed by atoms with Crippen LogP contribution in [0.5, 0.6) is 0 Å². The summed E-state index contributed by atoms with van der Waals surface area (Å²) in [7, 11) is 0. The third kappa shape index (κ3) is 5.75. The number of amides is 1. The van der Waals surface area contributed by atoms with Crippen molar-refractivity contribution in [2.45, 2.75) is 31.8 Å². The first kappa shape index (κ1) is 23.2. The summed E-state index contributed by atoms with van der Waals surface area (Å²) in [6, 6.07) is 12.1. The van der Waals surface area contributed by atoms with Gasteiger partial charge < -0.3 is 9.84 Å². The Morgan fingerprint density at radius 1 is 1.14 bits per heavy atom. The predicted octanol–water partition coefficient (Wildman–Crippen LogP) is 4.18. The van der Waals surface area contributed by atoms with Crippen LogP contribution in [0.4, 0.5) is 8.78 Å². The average molecular weight is 497 g/mol. The second-order valence-corrected chi connectivity index (χ2v) is 9.41. The Labute approximate surface area is 204 Å². The molecule has 1 saturated heterocycles. The van der Waals surface area contributed by atoms with Crippen LogP contribution in [0.1, 0.15) is 45.0 Å². The maximum absolute atomic E-state index is 13.5. The average Bonchev–Trinajstić information content (AvgIpc) is 3.54. The van der Waals surface area contributed by atoms with Crippen molar-refractivity contribution in [2.24, 2.45) is 0 Å². The maximum atomic E-state index is 13.5. The van der Waals surface area contributed by atoms with Gasteiger partial charge >= 0.3 is 0 Å². The van der Waals surface area contributed by atoms with Gasteiger partial charge in [0, 0.05) is 18.7 Å². The van der Waals surface area contributed by atoms with Crippen LogP contribution in [0.3, 0.4) is 0 Å². The lowest BCUT2D eigenvalue weighted by Crippen LogP contribution is -2.34. The van der Waals surface area contributed by atoms with E-state index >= 15 is 0 Å². The van der Waals surface area contributed by atoms with Crippen molar-refractivity contribution in [3.8, 4) is 11.4 Å². The van der Waals surface area contributed by atoms with Crippen molar-refractivity contribution in [1.82, 2.24) is 30.6 Å². The van der Waals surface area contributed by atoms with Crippen molar-refractivity contribution < 1.29 is 18.1 Å². The van der Waals surface area contributed by atoms with Gasteiger partial charge in [0.1, 0.15) is 16.6 Å². The largest absolute Gasteiger partial charge is 0.346 e. The summed E-state index contributed by atoms with van der Waals surface area (Å²) >= 11 is 1.25. The van der Waals surface area contributed by atoms with E-state index < -0.39 is 0 Å². The van der Waals surface area contributed by atoms with Gasteiger partial charge in [0.15, 0.2) is 0 Å². The molecule has 4 aromatic rings. The highest BCUT2D eigenvalue weighted by molar-refractivity contribution is 7.13. The Balaban J connectivity index is 1.17. The highest BCUT2D eigenvalue weighted by Gasteiger charge is 2.27. The fourth-order valence-corrected chi connectivity index (χ4v) is 4.81. The Kier molecular flexibility index (Phi) is 6.87. The number of likely N-dealkylation sites (tertiary alicyclic amines) is 1. The highest BCUT2D eigenvalue weighted by Crippen LogP contribution is 2.29. The minimum Gasteiger partial charge on any atom is -0.346 e. The molecule has 1 aliphatic heterocycles. The summed E-state index contributed by atoms with van der Waals surface area (Å²) in [5.41, 5.74) is 1.37. The second kappa shape index (κ2) is 10.4. The zero-order valence-electron chi connectivity index (χ0n) is 18.7. The van der Waals surface area contributed by atoms with Crippen LogP contribution in [-0.4, -0.2) is 44.2 Å². The van der Waals surface area contributed by atoms with Gasteiger partial charge in [-0.3, -0.25) is 9.69 Å². The number of carbonyl (C=O) groups excluding carboxylic acids is 1. The maximum Gasteiger partial charge on any atom is 0.282 e. The minimum absolute atomic E-state index is 0.0601. The lowest BCUT2D eigenvalue weighted by atomic mass is 9.98. The number of piperidine rings is 1. The normalized spacial score (nSPS) is 16.3. The number of benzene rings is 2. The van der Waals surface area contributed by atoms with E-state index in [1.165, 1.54) is 35.6 Å². The van der Waals surface area contributed by atoms with E-state index in [9.17, 15) is 13.6 Å². The molecule has 1 unspecified atom stereocenters. The number of aromatic nitrogens is 4. The molecule has 0 radical (unpaired) electrons. The number of halogens is 2. The van der Waals surface area contributed by atoms with E-state index in [2.05, 4.69) is 30.6 Å². The van der Waals surface area contributed by atoms with Crippen LogP contribution in [0, 0.1) is 11.6 Å². The van der Waals surface area contributed by atoms with E-state index in [0.29, 0.717) is 30.4 Å². The zero-order valence-corrected chi connectivity index (χ0v) is 19.5. The number of carbonyl (C=O) groups is 1. The van der Waals surface area contributed by atoms with Gasteiger partial charge in [-0.1, -0.05) is 40.8 Å². The van der Waals surface area contributed by atoms with E-state index in [0.717, 1.165) is 30.0 Å². The first-order chi connectivity index (χ1) is 17.0. The van der Waals surface area contributed by atoms with Crippen molar-refractivity contribution in [2.75, 3.05) is 13.1 Å². The summed E-state index contributed by atoms with van der Waals surface area (Å²) in [5, 5.41) is 16.0. The quantitative estimate of drug-likeness (QED) is 0.410. The van der Waals surface area contributed by atoms with Gasteiger partial charge in [-0.15, -0.1) is 10.2 Å². The fourth-order valence-electron chi connectivity index (χ4n) is 4.01. The molecule has 35 heavy (non-hydrogen) atoms. The molecule has 2 aromatic carbocycles. The minimum atomic E-state index is -0.349. The molecule has 0 spiro atoms. The molecule has 11 heteroatoms. The van der Waals surface area contributed by atoms with Crippen molar-refractivity contribution >= 4 is 17.2 Å². The monoisotopic (exact) mass is 496 g/mol. The molecule has 1 fully saturated rings. The number of nitrogens with one attached hydrogen (secondary N) is 1. The molecule has 0 aliphatic carbocycles. The Morgan fingerprint density at radius 3 is 2.83 bits per heavy atom. The molecule has 2 aromatic heterocycles. The van der Waals surface area contributed by atoms with Crippen LogP contribution < -0.4 is 5.32 Å². The smallest absolute Gasteiger partial charge is 0.282 e. The van der Waals surface area contributed by atoms with Crippen LogP contribution in [0.25, 0.3) is 11.4 Å². The summed E-state index contributed by atoms with van der Waals surface area (Å²) in [6.45, 7) is 2.43. The van der Waals surface area contributed by atoms with Crippen LogP contribution in [0.2, 0.25) is 0 Å². The lowest BCUT2D eigenvalue weighted by Gasteiger charge is -2.29. The van der Waals surface area contributed by atoms with E-state index in [1.807, 2.05) is 0 Å². The van der Waals surface area contributed by atoms with Gasteiger partial charge in [0.25, 0.3) is 5.91 Å². The van der Waals surface area contributed by atoms with Gasteiger partial charge in [-0.2, -0.15) is 4.98 Å². The molecule has 0 saturated carbocycles. The van der Waals surface area contributed by atoms with Gasteiger partial charge in [0.2, 0.25) is 16.7 Å². The van der Waals surface area contributed by atoms with Gasteiger partial charge in [-0.25, -0.2) is 8.78 Å². The second-order valence-electron chi connectivity index (χ2n) is 8.35. The van der Waals surface area contributed by atoms with Gasteiger partial charge in [0.05, 0.1) is 12.5 Å². The molecule has 1 atom stereocenters. The number of hydrogen-bond donors (Lipinski definition) is 1. The molecular weight excluding hydrogens is 474 g/mol. The number of hydrogen-bond acceptors (Lipinski definition) is 8. The molecule has 8 nitrogen and oxygen atoms in total. The zero-order chi connectivity index (χ0) is 24.2. The predicted molar refractivity (Wildman–Crippen MR) is 124 cm³/mol. The summed E-state index contributed by atoms with van der Waals surface area (Å²) < 4.78 is 32.0. The van der Waals surface area contributed by atoms with E-state index in [1.54, 1.807) is 24.3 Å².